The van der Waals surface area contributed by atoms with E-state index in [2.05, 4.69) is 23.1 Å². The minimum Gasteiger partial charge on any atom is -0.497 e. The van der Waals surface area contributed by atoms with Crippen molar-refractivity contribution in [1.82, 2.24) is 4.90 Å². The van der Waals surface area contributed by atoms with Gasteiger partial charge in [0.1, 0.15) is 5.75 Å². The molecule has 1 aromatic rings. The Bertz CT molecular complexity index is 640. The van der Waals surface area contributed by atoms with Gasteiger partial charge >= 0.3 is 5.97 Å². The molecule has 130 valence electrons. The Kier molecular flexibility index (Phi) is 5.21. The number of hydrogen-bond acceptors (Lipinski definition) is 5. The predicted molar refractivity (Wildman–Crippen MR) is 92.7 cm³/mol. The molecular formula is C19H25NO4. The largest absolute Gasteiger partial charge is 0.497 e. The number of benzene rings is 1. The first-order valence-corrected chi connectivity index (χ1v) is 8.58. The number of carbonyl (C=O) groups is 1. The van der Waals surface area contributed by atoms with E-state index in [-0.39, 0.29) is 5.97 Å². The van der Waals surface area contributed by atoms with Crippen LogP contribution in [0.3, 0.4) is 0 Å². The maximum absolute atomic E-state index is 12.0. The smallest absolute Gasteiger partial charge is 0.312 e. The number of aliphatic hydroxyl groups is 1. The van der Waals surface area contributed by atoms with E-state index in [9.17, 15) is 9.90 Å². The van der Waals surface area contributed by atoms with Crippen molar-refractivity contribution in [2.75, 3.05) is 33.4 Å². The molecule has 24 heavy (non-hydrogen) atoms. The van der Waals surface area contributed by atoms with Gasteiger partial charge in [-0.1, -0.05) is 12.1 Å². The summed E-state index contributed by atoms with van der Waals surface area (Å²) in [6.07, 6.45) is 3.17. The van der Waals surface area contributed by atoms with Crippen LogP contribution in [0.25, 0.3) is 11.6 Å². The third-order valence-electron chi connectivity index (χ3n) is 4.88. The molecule has 1 N–H and O–H groups in total. The van der Waals surface area contributed by atoms with E-state index in [0.29, 0.717) is 19.6 Å². The van der Waals surface area contributed by atoms with E-state index < -0.39 is 12.0 Å². The first kappa shape index (κ1) is 17.0. The van der Waals surface area contributed by atoms with Crippen LogP contribution in [0.2, 0.25) is 0 Å². The van der Waals surface area contributed by atoms with E-state index in [1.54, 1.807) is 14.0 Å². The summed E-state index contributed by atoms with van der Waals surface area (Å²) in [5.41, 5.74) is 3.83. The lowest BCUT2D eigenvalue weighted by atomic mass is 9.86. The SMILES string of the molecule is CCOC(=O)[C@@H]1CN(CCC2=Cc3ccc(OC)cc32)CC[C@@H]1O. The van der Waals surface area contributed by atoms with Gasteiger partial charge in [-0.05, 0) is 48.6 Å². The summed E-state index contributed by atoms with van der Waals surface area (Å²) in [7, 11) is 1.68. The van der Waals surface area contributed by atoms with Gasteiger partial charge < -0.3 is 19.5 Å². The highest BCUT2D eigenvalue weighted by atomic mass is 16.5. The fourth-order valence-electron chi connectivity index (χ4n) is 3.43. The summed E-state index contributed by atoms with van der Waals surface area (Å²) in [6, 6.07) is 6.12. The second kappa shape index (κ2) is 7.36. The Morgan fingerprint density at radius 1 is 1.42 bits per heavy atom. The van der Waals surface area contributed by atoms with Crippen LogP contribution in [-0.4, -0.2) is 55.4 Å². The van der Waals surface area contributed by atoms with Gasteiger partial charge in [0, 0.05) is 19.6 Å². The maximum atomic E-state index is 12.0. The number of fused-ring (bicyclic) bond motifs is 1. The van der Waals surface area contributed by atoms with Crippen molar-refractivity contribution in [2.24, 2.45) is 5.92 Å². The van der Waals surface area contributed by atoms with E-state index in [0.717, 1.165) is 25.3 Å². The van der Waals surface area contributed by atoms with Crippen molar-refractivity contribution in [3.8, 4) is 5.75 Å². The molecule has 0 bridgehead atoms. The zero-order chi connectivity index (χ0) is 17.1. The summed E-state index contributed by atoms with van der Waals surface area (Å²) in [5, 5.41) is 10.1. The summed E-state index contributed by atoms with van der Waals surface area (Å²) >= 11 is 0. The molecule has 0 saturated carbocycles. The van der Waals surface area contributed by atoms with Crippen LogP contribution >= 0.6 is 0 Å². The molecule has 1 aliphatic heterocycles. The number of aliphatic hydroxyl groups excluding tert-OH is 1. The standard InChI is InChI=1S/C19H25NO4/c1-3-24-19(22)17-12-20(9-7-18(17)21)8-6-14-10-13-4-5-15(23-2)11-16(13)14/h4-5,10-11,17-18,21H,3,6-9,12H2,1-2H3/t17-,18+/m1/s1. The second-order valence-electron chi connectivity index (χ2n) is 6.39. The fraction of sp³-hybridized carbons (Fsp3) is 0.526. The van der Waals surface area contributed by atoms with Gasteiger partial charge in [-0.15, -0.1) is 0 Å². The number of hydrogen-bond donors (Lipinski definition) is 1. The van der Waals surface area contributed by atoms with Crippen LogP contribution in [0.1, 0.15) is 30.9 Å². The van der Waals surface area contributed by atoms with Crippen molar-refractivity contribution in [3.05, 3.63) is 29.3 Å². The van der Waals surface area contributed by atoms with E-state index in [1.807, 2.05) is 6.07 Å². The molecule has 3 rings (SSSR count). The normalized spacial score (nSPS) is 23.0. The molecule has 0 spiro atoms. The van der Waals surface area contributed by atoms with Crippen LogP contribution < -0.4 is 4.74 Å². The lowest BCUT2D eigenvalue weighted by molar-refractivity contribution is -0.155. The highest BCUT2D eigenvalue weighted by Gasteiger charge is 2.34. The Morgan fingerprint density at radius 3 is 3.00 bits per heavy atom. The number of carbonyl (C=O) groups excluding carboxylic acids is 1. The zero-order valence-corrected chi connectivity index (χ0v) is 14.3. The van der Waals surface area contributed by atoms with Crippen LogP contribution in [0.4, 0.5) is 0 Å². The van der Waals surface area contributed by atoms with E-state index >= 15 is 0 Å². The molecule has 0 radical (unpaired) electrons. The Balaban J connectivity index is 1.54. The van der Waals surface area contributed by atoms with E-state index in [4.69, 9.17) is 9.47 Å². The number of ether oxygens (including phenoxy) is 2. The quantitative estimate of drug-likeness (QED) is 0.810. The summed E-state index contributed by atoms with van der Waals surface area (Å²) in [6.45, 7) is 4.41. The molecule has 0 amide bonds. The molecule has 5 nitrogen and oxygen atoms in total. The highest BCUT2D eigenvalue weighted by molar-refractivity contribution is 5.96. The number of nitrogens with zero attached hydrogens (tertiary/aromatic N) is 1. The van der Waals surface area contributed by atoms with Crippen molar-refractivity contribution in [1.29, 1.82) is 0 Å². The maximum Gasteiger partial charge on any atom is 0.312 e. The van der Waals surface area contributed by atoms with Gasteiger partial charge in [0.05, 0.1) is 25.7 Å². The van der Waals surface area contributed by atoms with Gasteiger partial charge in [0.15, 0.2) is 0 Å². The van der Waals surface area contributed by atoms with Crippen molar-refractivity contribution in [2.45, 2.75) is 25.9 Å². The van der Waals surface area contributed by atoms with Gasteiger partial charge in [-0.3, -0.25) is 4.79 Å². The van der Waals surface area contributed by atoms with Crippen LogP contribution in [0, 0.1) is 5.92 Å². The lowest BCUT2D eigenvalue weighted by Gasteiger charge is -2.35. The van der Waals surface area contributed by atoms with Gasteiger partial charge in [-0.25, -0.2) is 0 Å². The van der Waals surface area contributed by atoms with Gasteiger partial charge in [0.25, 0.3) is 0 Å². The molecule has 1 aromatic carbocycles. The van der Waals surface area contributed by atoms with Crippen LogP contribution in [0.15, 0.2) is 18.2 Å². The number of esters is 1. The number of likely N-dealkylation sites (tertiary alicyclic amines) is 1. The van der Waals surface area contributed by atoms with Crippen LogP contribution in [0.5, 0.6) is 5.75 Å². The first-order valence-electron chi connectivity index (χ1n) is 8.58. The molecule has 0 aromatic heterocycles. The predicted octanol–water partition coefficient (Wildman–Crippen LogP) is 2.19. The molecule has 2 atom stereocenters. The van der Waals surface area contributed by atoms with Crippen molar-refractivity contribution >= 4 is 17.6 Å². The van der Waals surface area contributed by atoms with Crippen molar-refractivity contribution < 1.29 is 19.4 Å². The number of methoxy groups -OCH3 is 1. The molecule has 5 heteroatoms. The summed E-state index contributed by atoms with van der Waals surface area (Å²) < 4.78 is 10.4. The Morgan fingerprint density at radius 2 is 2.25 bits per heavy atom. The molecular weight excluding hydrogens is 306 g/mol. The topological polar surface area (TPSA) is 59.0 Å². The number of rotatable bonds is 6. The number of piperidine rings is 1. The highest BCUT2D eigenvalue weighted by Crippen LogP contribution is 2.37. The van der Waals surface area contributed by atoms with Gasteiger partial charge in [0.2, 0.25) is 0 Å². The first-order chi connectivity index (χ1) is 11.6. The third-order valence-corrected chi connectivity index (χ3v) is 4.88. The second-order valence-corrected chi connectivity index (χ2v) is 6.39. The molecule has 1 heterocycles. The Labute approximate surface area is 142 Å². The average Bonchev–Trinajstić information content (AvgIpc) is 2.57. The minimum atomic E-state index is -0.590. The Hall–Kier alpha value is -1.85. The van der Waals surface area contributed by atoms with Crippen molar-refractivity contribution in [3.63, 3.8) is 0 Å². The minimum absolute atomic E-state index is 0.285. The molecule has 1 aliphatic carbocycles. The average molecular weight is 331 g/mol. The van der Waals surface area contributed by atoms with Crippen LogP contribution in [-0.2, 0) is 9.53 Å². The molecule has 2 aliphatic rings. The fourth-order valence-corrected chi connectivity index (χ4v) is 3.43. The summed E-state index contributed by atoms with van der Waals surface area (Å²) in [5.74, 6) is 0.164. The van der Waals surface area contributed by atoms with Gasteiger partial charge in [-0.2, -0.15) is 0 Å². The van der Waals surface area contributed by atoms with E-state index in [1.165, 1.54) is 16.7 Å². The molecule has 1 fully saturated rings. The summed E-state index contributed by atoms with van der Waals surface area (Å²) in [4.78, 5) is 14.2. The monoisotopic (exact) mass is 331 g/mol. The zero-order valence-electron chi connectivity index (χ0n) is 14.3. The molecule has 0 unspecified atom stereocenters. The molecule has 1 saturated heterocycles. The lowest BCUT2D eigenvalue weighted by Crippen LogP contribution is -2.47. The third kappa shape index (κ3) is 3.47.